The largest absolute Gasteiger partial charge is 1.00 e. The predicted molar refractivity (Wildman–Crippen MR) is 119 cm³/mol. The molecule has 2 atom stereocenters. The maximum atomic E-state index is 10.6. The molecule has 0 fully saturated rings. The van der Waals surface area contributed by atoms with Crippen LogP contribution in [-0.4, -0.2) is 17.7 Å². The van der Waals surface area contributed by atoms with E-state index in [9.17, 15) is 5.11 Å². The number of nitrogens with two attached hydrogens (primary N) is 1. The molecule has 0 amide bonds. The number of hydrogen-bond acceptors (Lipinski definition) is 1. The van der Waals surface area contributed by atoms with Crippen LogP contribution in [0.25, 0.3) is 0 Å². The lowest BCUT2D eigenvalue weighted by Gasteiger charge is -2.21. The number of aryl methyl sites for hydroxylation is 2. The average Bonchev–Trinajstić information content (AvgIpc) is 2.94. The van der Waals surface area contributed by atoms with Crippen LogP contribution in [0.5, 0.6) is 0 Å². The summed E-state index contributed by atoms with van der Waals surface area (Å²) >= 11 is 0. The molecule has 3 heteroatoms. The summed E-state index contributed by atoms with van der Waals surface area (Å²) < 4.78 is 0. The van der Waals surface area contributed by atoms with Gasteiger partial charge in [-0.1, -0.05) is 78.9 Å². The molecule has 0 bridgehead atoms. The number of halogens is 1. The number of fused-ring (bicyclic) bond motifs is 2. The standard InChI is InChI=1S/C27H31NO.ClH/c1-20(27(29)23-12-3-2-4-13-23)28-19-9-16-26-24-14-7-5-10-21(24)17-18-22-11-6-8-15-25(22)26;/h2-8,10-15,20,26-29H,9,16-19H2,1H3;1H. The number of aliphatic hydroxyl groups is 1. The van der Waals surface area contributed by atoms with Crippen molar-refractivity contribution < 1.29 is 22.8 Å². The monoisotopic (exact) mass is 421 g/mol. The second-order valence-electron chi connectivity index (χ2n) is 8.33. The summed E-state index contributed by atoms with van der Waals surface area (Å²) in [7, 11) is 0. The molecule has 3 aromatic rings. The summed E-state index contributed by atoms with van der Waals surface area (Å²) in [5, 5.41) is 12.9. The summed E-state index contributed by atoms with van der Waals surface area (Å²) in [6.07, 6.45) is 4.14. The molecule has 0 spiro atoms. The van der Waals surface area contributed by atoms with Crippen molar-refractivity contribution in [1.29, 1.82) is 0 Å². The lowest BCUT2D eigenvalue weighted by atomic mass is 9.85. The van der Waals surface area contributed by atoms with Crippen molar-refractivity contribution in [3.63, 3.8) is 0 Å². The molecular weight excluding hydrogens is 390 g/mol. The van der Waals surface area contributed by atoms with Crippen LogP contribution < -0.4 is 17.7 Å². The molecule has 1 aliphatic carbocycles. The molecule has 158 valence electrons. The van der Waals surface area contributed by atoms with Crippen LogP contribution in [0, 0.1) is 0 Å². The van der Waals surface area contributed by atoms with Crippen LogP contribution in [0.4, 0.5) is 0 Å². The third-order valence-corrected chi connectivity index (χ3v) is 6.40. The van der Waals surface area contributed by atoms with Crippen molar-refractivity contribution in [1.82, 2.24) is 0 Å². The molecule has 0 aromatic heterocycles. The van der Waals surface area contributed by atoms with E-state index < -0.39 is 6.10 Å². The minimum absolute atomic E-state index is 0. The highest BCUT2D eigenvalue weighted by molar-refractivity contribution is 5.44. The van der Waals surface area contributed by atoms with Crippen LogP contribution in [0.3, 0.4) is 0 Å². The lowest BCUT2D eigenvalue weighted by Crippen LogP contribution is -3.00. The number of quaternary nitrogens is 1. The van der Waals surface area contributed by atoms with Gasteiger partial charge >= 0.3 is 0 Å². The quantitative estimate of drug-likeness (QED) is 0.556. The number of rotatable bonds is 7. The molecule has 30 heavy (non-hydrogen) atoms. The first-order valence-electron chi connectivity index (χ1n) is 11.0. The van der Waals surface area contributed by atoms with E-state index in [1.54, 1.807) is 0 Å². The molecule has 0 saturated carbocycles. The Balaban J connectivity index is 0.00000256. The van der Waals surface area contributed by atoms with Crippen LogP contribution in [0.15, 0.2) is 78.9 Å². The summed E-state index contributed by atoms with van der Waals surface area (Å²) in [4.78, 5) is 0. The zero-order valence-electron chi connectivity index (χ0n) is 17.7. The third kappa shape index (κ3) is 5.13. The van der Waals surface area contributed by atoms with E-state index in [0.717, 1.165) is 37.8 Å². The van der Waals surface area contributed by atoms with Crippen molar-refractivity contribution in [2.24, 2.45) is 0 Å². The van der Waals surface area contributed by atoms with Crippen LogP contribution >= 0.6 is 0 Å². The fourth-order valence-corrected chi connectivity index (χ4v) is 4.74. The van der Waals surface area contributed by atoms with Crippen LogP contribution in [0.1, 0.15) is 59.6 Å². The average molecular weight is 422 g/mol. The fraction of sp³-hybridized carbons (Fsp3) is 0.333. The van der Waals surface area contributed by atoms with E-state index in [1.165, 1.54) is 22.3 Å². The molecular formula is C27H32ClNO. The van der Waals surface area contributed by atoms with Gasteiger partial charge in [-0.15, -0.1) is 0 Å². The second-order valence-corrected chi connectivity index (χ2v) is 8.33. The Morgan fingerprint density at radius 1 is 0.833 bits per heavy atom. The van der Waals surface area contributed by atoms with Crippen molar-refractivity contribution >= 4 is 0 Å². The van der Waals surface area contributed by atoms with Gasteiger partial charge in [-0.3, -0.25) is 0 Å². The molecule has 0 radical (unpaired) electrons. The van der Waals surface area contributed by atoms with Gasteiger partial charge in [-0.25, -0.2) is 0 Å². The first kappa shape index (κ1) is 22.6. The maximum absolute atomic E-state index is 10.6. The van der Waals surface area contributed by atoms with Gasteiger partial charge < -0.3 is 22.8 Å². The zero-order chi connectivity index (χ0) is 20.1. The van der Waals surface area contributed by atoms with E-state index in [2.05, 4.69) is 60.8 Å². The third-order valence-electron chi connectivity index (χ3n) is 6.40. The van der Waals surface area contributed by atoms with Gasteiger partial charge in [0.1, 0.15) is 12.1 Å². The molecule has 0 aliphatic heterocycles. The van der Waals surface area contributed by atoms with Gasteiger partial charge in [0.2, 0.25) is 0 Å². The Labute approximate surface area is 186 Å². The SMILES string of the molecule is CC([NH2+]CCCC1c2ccccc2CCc2ccccc21)C(O)c1ccccc1.[Cl-]. The van der Waals surface area contributed by atoms with Gasteiger partial charge in [-0.2, -0.15) is 0 Å². The summed E-state index contributed by atoms with van der Waals surface area (Å²) in [5.74, 6) is 0.479. The highest BCUT2D eigenvalue weighted by Crippen LogP contribution is 2.36. The van der Waals surface area contributed by atoms with Crippen LogP contribution in [-0.2, 0) is 12.8 Å². The molecule has 2 unspecified atom stereocenters. The van der Waals surface area contributed by atoms with E-state index >= 15 is 0 Å². The fourth-order valence-electron chi connectivity index (χ4n) is 4.74. The van der Waals surface area contributed by atoms with E-state index in [0.29, 0.717) is 5.92 Å². The zero-order valence-corrected chi connectivity index (χ0v) is 18.4. The summed E-state index contributed by atoms with van der Waals surface area (Å²) in [5.41, 5.74) is 7.03. The smallest absolute Gasteiger partial charge is 0.130 e. The normalized spacial score (nSPS) is 15.3. The highest BCUT2D eigenvalue weighted by atomic mass is 35.5. The minimum Gasteiger partial charge on any atom is -1.00 e. The Morgan fingerprint density at radius 3 is 1.97 bits per heavy atom. The van der Waals surface area contributed by atoms with Gasteiger partial charge in [-0.05, 0) is 60.4 Å². The Kier molecular flexibility index (Phi) is 8.09. The number of aliphatic hydroxyl groups excluding tert-OH is 1. The first-order chi connectivity index (χ1) is 14.2. The van der Waals surface area contributed by atoms with E-state index in [1.807, 2.05) is 30.3 Å². The van der Waals surface area contributed by atoms with Crippen molar-refractivity contribution in [2.45, 2.75) is 50.7 Å². The van der Waals surface area contributed by atoms with E-state index in [-0.39, 0.29) is 18.4 Å². The van der Waals surface area contributed by atoms with Crippen molar-refractivity contribution in [2.75, 3.05) is 6.54 Å². The van der Waals surface area contributed by atoms with Gasteiger partial charge in [0.15, 0.2) is 0 Å². The number of benzene rings is 3. The van der Waals surface area contributed by atoms with Gasteiger partial charge in [0, 0.05) is 5.92 Å². The van der Waals surface area contributed by atoms with Gasteiger partial charge in [0.25, 0.3) is 0 Å². The van der Waals surface area contributed by atoms with Gasteiger partial charge in [0.05, 0.1) is 6.54 Å². The number of hydrogen-bond donors (Lipinski definition) is 2. The Morgan fingerprint density at radius 2 is 1.37 bits per heavy atom. The minimum atomic E-state index is -0.421. The second kappa shape index (κ2) is 10.8. The summed E-state index contributed by atoms with van der Waals surface area (Å²) in [6, 6.07) is 28.1. The molecule has 1 aliphatic rings. The summed E-state index contributed by atoms with van der Waals surface area (Å²) in [6.45, 7) is 3.15. The molecule has 4 rings (SSSR count). The molecule has 0 heterocycles. The topological polar surface area (TPSA) is 36.8 Å². The van der Waals surface area contributed by atoms with Crippen LogP contribution in [0.2, 0.25) is 0 Å². The Hall–Kier alpha value is -2.13. The predicted octanol–water partition coefficient (Wildman–Crippen LogP) is 1.39. The van der Waals surface area contributed by atoms with Crippen molar-refractivity contribution in [3.8, 4) is 0 Å². The molecule has 3 N–H and O–H groups in total. The van der Waals surface area contributed by atoms with Crippen molar-refractivity contribution in [3.05, 3.63) is 107 Å². The molecule has 3 aromatic carbocycles. The maximum Gasteiger partial charge on any atom is 0.130 e. The lowest BCUT2D eigenvalue weighted by molar-refractivity contribution is -0.694. The molecule has 2 nitrogen and oxygen atoms in total. The van der Waals surface area contributed by atoms with E-state index in [4.69, 9.17) is 0 Å². The molecule has 0 saturated heterocycles. The highest BCUT2D eigenvalue weighted by Gasteiger charge is 2.24. The first-order valence-corrected chi connectivity index (χ1v) is 11.0. The Bertz CT molecular complexity index is 879.